The fourth-order valence-corrected chi connectivity index (χ4v) is 3.64. The molecule has 1 aromatic carbocycles. The van der Waals surface area contributed by atoms with Crippen molar-refractivity contribution < 1.29 is 19.1 Å². The monoisotopic (exact) mass is 395 g/mol. The van der Waals surface area contributed by atoms with Crippen molar-refractivity contribution in [1.82, 2.24) is 15.2 Å². The molecule has 152 valence electrons. The van der Waals surface area contributed by atoms with E-state index in [1.54, 1.807) is 36.7 Å². The number of piperidine rings is 1. The van der Waals surface area contributed by atoms with Crippen LogP contribution in [0.25, 0.3) is 0 Å². The minimum atomic E-state index is -0.0886. The molecule has 0 radical (unpaired) electrons. The summed E-state index contributed by atoms with van der Waals surface area (Å²) in [4.78, 5) is 30.6. The summed E-state index contributed by atoms with van der Waals surface area (Å²) in [5.74, 6) is 0.664. The van der Waals surface area contributed by atoms with Crippen LogP contribution in [0.1, 0.15) is 40.0 Å². The van der Waals surface area contributed by atoms with Crippen LogP contribution in [0.15, 0.2) is 48.8 Å². The molecule has 2 fully saturated rings. The minimum Gasteiger partial charge on any atom is -0.490 e. The van der Waals surface area contributed by atoms with Gasteiger partial charge in [0.15, 0.2) is 0 Å². The second kappa shape index (κ2) is 9.05. The van der Waals surface area contributed by atoms with E-state index in [1.807, 2.05) is 17.0 Å². The summed E-state index contributed by atoms with van der Waals surface area (Å²) in [5, 5.41) is 2.98. The Morgan fingerprint density at radius 1 is 1.07 bits per heavy atom. The SMILES string of the molecule is O=C(NC1CCOC1)c1ccc(OC2CCN(C(=O)c3cccnc3)CC2)cc1. The maximum atomic E-state index is 12.5. The summed E-state index contributed by atoms with van der Waals surface area (Å²) in [6.45, 7) is 2.59. The maximum absolute atomic E-state index is 12.5. The van der Waals surface area contributed by atoms with Crippen molar-refractivity contribution in [2.75, 3.05) is 26.3 Å². The van der Waals surface area contributed by atoms with Gasteiger partial charge in [0.05, 0.1) is 18.2 Å². The van der Waals surface area contributed by atoms with Gasteiger partial charge in [-0.1, -0.05) is 0 Å². The zero-order valence-corrected chi connectivity index (χ0v) is 16.3. The number of amides is 2. The number of pyridine rings is 1. The fourth-order valence-electron chi connectivity index (χ4n) is 3.64. The topological polar surface area (TPSA) is 80.8 Å². The van der Waals surface area contributed by atoms with Crippen LogP contribution >= 0.6 is 0 Å². The highest BCUT2D eigenvalue weighted by Gasteiger charge is 2.25. The van der Waals surface area contributed by atoms with Crippen molar-refractivity contribution in [3.63, 3.8) is 0 Å². The quantitative estimate of drug-likeness (QED) is 0.840. The number of benzene rings is 1. The van der Waals surface area contributed by atoms with Crippen molar-refractivity contribution in [2.45, 2.75) is 31.4 Å². The van der Waals surface area contributed by atoms with E-state index in [9.17, 15) is 9.59 Å². The first kappa shape index (κ1) is 19.4. The minimum absolute atomic E-state index is 0.0135. The molecule has 1 unspecified atom stereocenters. The van der Waals surface area contributed by atoms with Crippen LogP contribution in [0, 0.1) is 0 Å². The highest BCUT2D eigenvalue weighted by Crippen LogP contribution is 2.21. The van der Waals surface area contributed by atoms with Crippen LogP contribution in [0.5, 0.6) is 5.75 Å². The van der Waals surface area contributed by atoms with Crippen molar-refractivity contribution in [3.8, 4) is 5.75 Å². The van der Waals surface area contributed by atoms with Gasteiger partial charge in [-0.3, -0.25) is 14.6 Å². The van der Waals surface area contributed by atoms with Crippen molar-refractivity contribution >= 4 is 11.8 Å². The second-order valence-electron chi connectivity index (χ2n) is 7.41. The van der Waals surface area contributed by atoms with Gasteiger partial charge in [-0.2, -0.15) is 0 Å². The number of ether oxygens (including phenoxy) is 2. The molecule has 0 aliphatic carbocycles. The Labute approximate surface area is 170 Å². The number of likely N-dealkylation sites (tertiary alicyclic amines) is 1. The third-order valence-corrected chi connectivity index (χ3v) is 5.32. The molecule has 1 N–H and O–H groups in total. The van der Waals surface area contributed by atoms with Gasteiger partial charge in [-0.15, -0.1) is 0 Å². The molecule has 7 heteroatoms. The zero-order chi connectivity index (χ0) is 20.1. The lowest BCUT2D eigenvalue weighted by atomic mass is 10.1. The Balaban J connectivity index is 1.26. The summed E-state index contributed by atoms with van der Waals surface area (Å²) in [6, 6.07) is 10.9. The zero-order valence-electron chi connectivity index (χ0n) is 16.3. The Morgan fingerprint density at radius 3 is 2.52 bits per heavy atom. The molecule has 4 rings (SSSR count). The van der Waals surface area contributed by atoms with Gasteiger partial charge in [0.2, 0.25) is 0 Å². The van der Waals surface area contributed by atoms with E-state index in [0.717, 1.165) is 25.0 Å². The van der Waals surface area contributed by atoms with E-state index >= 15 is 0 Å². The summed E-state index contributed by atoms with van der Waals surface area (Å²) in [5.41, 5.74) is 1.23. The predicted molar refractivity (Wildman–Crippen MR) is 107 cm³/mol. The van der Waals surface area contributed by atoms with E-state index in [0.29, 0.717) is 37.4 Å². The average Bonchev–Trinajstić information content (AvgIpc) is 3.28. The molecule has 0 saturated carbocycles. The van der Waals surface area contributed by atoms with E-state index in [2.05, 4.69) is 10.3 Å². The molecule has 2 aliphatic rings. The van der Waals surface area contributed by atoms with Gasteiger partial charge in [-0.25, -0.2) is 0 Å². The van der Waals surface area contributed by atoms with Crippen LogP contribution in [-0.4, -0.2) is 60.1 Å². The van der Waals surface area contributed by atoms with Gasteiger partial charge in [0.25, 0.3) is 11.8 Å². The van der Waals surface area contributed by atoms with E-state index in [1.165, 1.54) is 0 Å². The Morgan fingerprint density at radius 2 is 1.86 bits per heavy atom. The van der Waals surface area contributed by atoms with Gasteiger partial charge in [0, 0.05) is 50.5 Å². The third-order valence-electron chi connectivity index (χ3n) is 5.32. The molecule has 1 atom stereocenters. The van der Waals surface area contributed by atoms with Crippen molar-refractivity contribution in [1.29, 1.82) is 0 Å². The molecule has 0 spiro atoms. The van der Waals surface area contributed by atoms with Gasteiger partial charge in [0.1, 0.15) is 11.9 Å². The van der Waals surface area contributed by atoms with Crippen molar-refractivity contribution in [2.24, 2.45) is 0 Å². The lowest BCUT2D eigenvalue weighted by molar-refractivity contribution is 0.0595. The summed E-state index contributed by atoms with van der Waals surface area (Å²) >= 11 is 0. The first-order valence-corrected chi connectivity index (χ1v) is 10.0. The maximum Gasteiger partial charge on any atom is 0.255 e. The smallest absolute Gasteiger partial charge is 0.255 e. The van der Waals surface area contributed by atoms with Gasteiger partial charge >= 0.3 is 0 Å². The molecular weight excluding hydrogens is 370 g/mol. The normalized spacial score (nSPS) is 19.7. The number of nitrogens with one attached hydrogen (secondary N) is 1. The van der Waals surface area contributed by atoms with Crippen LogP contribution in [0.3, 0.4) is 0 Å². The molecule has 3 heterocycles. The largest absolute Gasteiger partial charge is 0.490 e. The number of carbonyl (C=O) groups excluding carboxylic acids is 2. The summed E-state index contributed by atoms with van der Waals surface area (Å²) in [7, 11) is 0. The summed E-state index contributed by atoms with van der Waals surface area (Å²) < 4.78 is 11.3. The van der Waals surface area contributed by atoms with Crippen LogP contribution in [0.2, 0.25) is 0 Å². The first-order chi connectivity index (χ1) is 14.2. The fraction of sp³-hybridized carbons (Fsp3) is 0.409. The van der Waals surface area contributed by atoms with E-state index in [-0.39, 0.29) is 24.0 Å². The lowest BCUT2D eigenvalue weighted by Gasteiger charge is -2.32. The predicted octanol–water partition coefficient (Wildman–Crippen LogP) is 2.28. The van der Waals surface area contributed by atoms with E-state index < -0.39 is 0 Å². The standard InChI is InChI=1S/C22H25N3O4/c26-21(24-18-9-13-28-15-18)16-3-5-19(6-4-16)29-20-7-11-25(12-8-20)22(27)17-2-1-10-23-14-17/h1-6,10,14,18,20H,7-9,11-13,15H2,(H,24,26). The Bertz CT molecular complexity index is 827. The number of nitrogens with zero attached hydrogens (tertiary/aromatic N) is 2. The molecule has 2 saturated heterocycles. The molecule has 1 aromatic heterocycles. The van der Waals surface area contributed by atoms with Crippen LogP contribution in [-0.2, 0) is 4.74 Å². The van der Waals surface area contributed by atoms with Crippen LogP contribution < -0.4 is 10.1 Å². The second-order valence-corrected chi connectivity index (χ2v) is 7.41. The highest BCUT2D eigenvalue weighted by molar-refractivity contribution is 5.94. The third kappa shape index (κ3) is 4.92. The molecule has 0 bridgehead atoms. The molecule has 29 heavy (non-hydrogen) atoms. The van der Waals surface area contributed by atoms with E-state index in [4.69, 9.17) is 9.47 Å². The number of carbonyl (C=O) groups is 2. The number of hydrogen-bond donors (Lipinski definition) is 1. The highest BCUT2D eigenvalue weighted by atomic mass is 16.5. The lowest BCUT2D eigenvalue weighted by Crippen LogP contribution is -2.41. The Kier molecular flexibility index (Phi) is 6.05. The van der Waals surface area contributed by atoms with Gasteiger partial charge in [-0.05, 0) is 42.8 Å². The summed E-state index contributed by atoms with van der Waals surface area (Å²) in [6.07, 6.45) is 5.72. The molecule has 7 nitrogen and oxygen atoms in total. The molecular formula is C22H25N3O4. The first-order valence-electron chi connectivity index (χ1n) is 10.0. The number of aromatic nitrogens is 1. The molecule has 2 aromatic rings. The molecule has 2 aliphatic heterocycles. The number of hydrogen-bond acceptors (Lipinski definition) is 5. The Hall–Kier alpha value is -2.93. The molecule has 2 amide bonds. The van der Waals surface area contributed by atoms with Gasteiger partial charge < -0.3 is 19.7 Å². The number of rotatable bonds is 5. The van der Waals surface area contributed by atoms with Crippen LogP contribution in [0.4, 0.5) is 0 Å². The average molecular weight is 395 g/mol. The van der Waals surface area contributed by atoms with Crippen molar-refractivity contribution in [3.05, 3.63) is 59.9 Å².